The molecule has 0 amide bonds. The number of rotatable bonds is 6. The molecule has 3 N–H and O–H groups in total. The van der Waals surface area contributed by atoms with Gasteiger partial charge in [0.05, 0.1) is 24.3 Å². The van der Waals surface area contributed by atoms with E-state index < -0.39 is 23.3 Å². The topological polar surface area (TPSA) is 117 Å². The van der Waals surface area contributed by atoms with E-state index in [9.17, 15) is 23.1 Å². The van der Waals surface area contributed by atoms with Crippen molar-refractivity contribution in [3.8, 4) is 0 Å². The van der Waals surface area contributed by atoms with Gasteiger partial charge in [-0.1, -0.05) is 0 Å². The number of carboxylic acids is 1. The van der Waals surface area contributed by atoms with Crippen LogP contribution in [0, 0.1) is 0 Å². The number of pyridine rings is 1. The monoisotopic (exact) mass is 499 g/mol. The van der Waals surface area contributed by atoms with Crippen molar-refractivity contribution in [3.05, 3.63) is 66.1 Å². The molecule has 0 radical (unpaired) electrons. The second-order valence-corrected chi connectivity index (χ2v) is 7.99. The van der Waals surface area contributed by atoms with E-state index in [2.05, 4.69) is 25.6 Å². The van der Waals surface area contributed by atoms with Crippen LogP contribution in [0.4, 0.5) is 42.1 Å². The number of anilines is 5. The predicted molar refractivity (Wildman–Crippen MR) is 125 cm³/mol. The number of carbonyl (C=O) groups is 1. The van der Waals surface area contributed by atoms with Crippen LogP contribution in [-0.4, -0.2) is 56.7 Å². The van der Waals surface area contributed by atoms with Crippen molar-refractivity contribution in [3.63, 3.8) is 0 Å². The molecule has 1 saturated heterocycles. The fourth-order valence-electron chi connectivity index (χ4n) is 3.76. The number of hydrogen-bond acceptors (Lipinski definition) is 8. The Balaban J connectivity index is 1.51. The first-order valence-corrected chi connectivity index (χ1v) is 10.9. The molecule has 0 spiro atoms. The maximum atomic E-state index is 13.4. The van der Waals surface area contributed by atoms with Crippen LogP contribution in [0.25, 0.3) is 5.65 Å². The molecule has 4 heterocycles. The Morgan fingerprint density at radius 1 is 1.00 bits per heavy atom. The first-order valence-electron chi connectivity index (χ1n) is 10.9. The van der Waals surface area contributed by atoms with E-state index in [0.29, 0.717) is 55.3 Å². The third kappa shape index (κ3) is 5.15. The number of fused-ring (bicyclic) bond motifs is 1. The van der Waals surface area contributed by atoms with Crippen molar-refractivity contribution in [2.75, 3.05) is 41.8 Å². The minimum Gasteiger partial charge on any atom is -0.478 e. The van der Waals surface area contributed by atoms with Gasteiger partial charge in [0.1, 0.15) is 17.3 Å². The van der Waals surface area contributed by atoms with Gasteiger partial charge in [0.15, 0.2) is 0 Å². The first kappa shape index (κ1) is 23.4. The molecule has 36 heavy (non-hydrogen) atoms. The van der Waals surface area contributed by atoms with Gasteiger partial charge in [0, 0.05) is 55.2 Å². The molecule has 1 fully saturated rings. The van der Waals surface area contributed by atoms with Crippen molar-refractivity contribution in [2.45, 2.75) is 6.18 Å². The first-order chi connectivity index (χ1) is 17.2. The van der Waals surface area contributed by atoms with E-state index in [0.717, 1.165) is 12.1 Å². The predicted octanol–water partition coefficient (Wildman–Crippen LogP) is 4.17. The second-order valence-electron chi connectivity index (χ2n) is 7.99. The fraction of sp³-hybridized carbons (Fsp3) is 0.217. The molecule has 13 heteroatoms. The highest BCUT2D eigenvalue weighted by Crippen LogP contribution is 2.33. The highest BCUT2D eigenvalue weighted by atomic mass is 19.4. The molecule has 0 atom stereocenters. The molecule has 0 saturated carbocycles. The van der Waals surface area contributed by atoms with Crippen molar-refractivity contribution >= 4 is 40.6 Å². The summed E-state index contributed by atoms with van der Waals surface area (Å²) in [7, 11) is 0. The molecule has 10 nitrogen and oxygen atoms in total. The summed E-state index contributed by atoms with van der Waals surface area (Å²) in [6.45, 7) is 2.15. The number of alkyl halides is 3. The minimum atomic E-state index is -4.73. The van der Waals surface area contributed by atoms with Crippen molar-refractivity contribution in [2.24, 2.45) is 0 Å². The quantitative estimate of drug-likeness (QED) is 0.359. The number of aromatic nitrogens is 4. The zero-order valence-corrected chi connectivity index (χ0v) is 18.7. The fourth-order valence-corrected chi connectivity index (χ4v) is 3.76. The molecular formula is C23H20F3N7O3. The van der Waals surface area contributed by atoms with Crippen LogP contribution in [0.2, 0.25) is 0 Å². The average molecular weight is 499 g/mol. The number of nitrogens with zero attached hydrogens (tertiary/aromatic N) is 5. The Morgan fingerprint density at radius 2 is 1.81 bits per heavy atom. The summed E-state index contributed by atoms with van der Waals surface area (Å²) in [6, 6.07) is 7.86. The zero-order valence-electron chi connectivity index (χ0n) is 18.7. The van der Waals surface area contributed by atoms with Crippen molar-refractivity contribution in [1.29, 1.82) is 0 Å². The maximum Gasteiger partial charge on any atom is 0.416 e. The summed E-state index contributed by atoms with van der Waals surface area (Å²) in [5.74, 6) is -0.566. The SMILES string of the molecule is O=C(O)c1cc(Nc2nc(Nc3ccn4ccnc4c3)cc(N3CCOCC3)n2)cc(C(F)(F)F)c1. The average Bonchev–Trinajstić information content (AvgIpc) is 3.32. The van der Waals surface area contributed by atoms with Gasteiger partial charge in [-0.3, -0.25) is 0 Å². The van der Waals surface area contributed by atoms with Gasteiger partial charge in [0.25, 0.3) is 0 Å². The molecule has 0 aliphatic carbocycles. The van der Waals surface area contributed by atoms with Gasteiger partial charge in [-0.2, -0.15) is 23.1 Å². The van der Waals surface area contributed by atoms with E-state index in [1.165, 1.54) is 0 Å². The van der Waals surface area contributed by atoms with Crippen LogP contribution in [0.15, 0.2) is 55.0 Å². The molecule has 4 aromatic rings. The molecule has 0 bridgehead atoms. The number of aromatic carboxylic acids is 1. The van der Waals surface area contributed by atoms with Crippen molar-refractivity contribution < 1.29 is 27.8 Å². The van der Waals surface area contributed by atoms with Crippen LogP contribution in [0.1, 0.15) is 15.9 Å². The molecule has 1 aliphatic heterocycles. The highest BCUT2D eigenvalue weighted by Gasteiger charge is 2.32. The largest absolute Gasteiger partial charge is 0.478 e. The van der Waals surface area contributed by atoms with Gasteiger partial charge in [-0.15, -0.1) is 0 Å². The van der Waals surface area contributed by atoms with Gasteiger partial charge in [0.2, 0.25) is 5.95 Å². The summed E-state index contributed by atoms with van der Waals surface area (Å²) in [6.07, 6.45) is 0.576. The number of nitrogens with one attached hydrogen (secondary N) is 2. The van der Waals surface area contributed by atoms with Gasteiger partial charge in [-0.25, -0.2) is 9.78 Å². The van der Waals surface area contributed by atoms with E-state index >= 15 is 0 Å². The summed E-state index contributed by atoms with van der Waals surface area (Å²) in [4.78, 5) is 26.5. The van der Waals surface area contributed by atoms with Crippen LogP contribution in [-0.2, 0) is 10.9 Å². The summed E-state index contributed by atoms with van der Waals surface area (Å²) in [5, 5.41) is 15.2. The van der Waals surface area contributed by atoms with Crippen LogP contribution < -0.4 is 15.5 Å². The van der Waals surface area contributed by atoms with E-state index in [-0.39, 0.29) is 11.6 Å². The van der Waals surface area contributed by atoms with Gasteiger partial charge >= 0.3 is 12.1 Å². The third-order valence-corrected chi connectivity index (χ3v) is 5.48. The lowest BCUT2D eigenvalue weighted by molar-refractivity contribution is -0.137. The summed E-state index contributed by atoms with van der Waals surface area (Å²) in [5.41, 5.74) is -0.306. The Hall–Kier alpha value is -4.39. The van der Waals surface area contributed by atoms with E-state index in [1.54, 1.807) is 12.3 Å². The lowest BCUT2D eigenvalue weighted by Crippen LogP contribution is -2.36. The second kappa shape index (κ2) is 9.34. The summed E-state index contributed by atoms with van der Waals surface area (Å²) >= 11 is 0. The van der Waals surface area contributed by atoms with Crippen LogP contribution in [0.5, 0.6) is 0 Å². The molecular weight excluding hydrogens is 479 g/mol. The Labute approximate surface area is 202 Å². The molecule has 1 aliphatic rings. The van der Waals surface area contributed by atoms with E-state index in [4.69, 9.17) is 4.74 Å². The minimum absolute atomic E-state index is 0.000885. The smallest absolute Gasteiger partial charge is 0.416 e. The Bertz CT molecular complexity index is 1420. The van der Waals surface area contributed by atoms with E-state index in [1.807, 2.05) is 33.8 Å². The third-order valence-electron chi connectivity index (χ3n) is 5.48. The van der Waals surface area contributed by atoms with Crippen LogP contribution >= 0.6 is 0 Å². The maximum absolute atomic E-state index is 13.4. The number of ether oxygens (including phenoxy) is 1. The number of hydrogen-bond donors (Lipinski definition) is 3. The zero-order chi connectivity index (χ0) is 25.3. The Morgan fingerprint density at radius 3 is 2.56 bits per heavy atom. The lowest BCUT2D eigenvalue weighted by Gasteiger charge is -2.28. The molecule has 186 valence electrons. The van der Waals surface area contributed by atoms with Crippen LogP contribution in [0.3, 0.4) is 0 Å². The molecule has 0 unspecified atom stereocenters. The Kier molecular flexibility index (Phi) is 6.06. The number of carboxylic acid groups (broad SMARTS) is 1. The number of imidazole rings is 1. The number of halogens is 3. The molecule has 3 aromatic heterocycles. The van der Waals surface area contributed by atoms with Gasteiger partial charge < -0.3 is 29.8 Å². The molecule has 1 aromatic carbocycles. The number of benzene rings is 1. The highest BCUT2D eigenvalue weighted by molar-refractivity contribution is 5.89. The summed E-state index contributed by atoms with van der Waals surface area (Å²) < 4.78 is 47.3. The normalized spacial score (nSPS) is 14.1. The molecule has 5 rings (SSSR count). The lowest BCUT2D eigenvalue weighted by atomic mass is 10.1. The standard InChI is InChI=1S/C23H20F3N7O3/c24-23(25,26)15-9-14(21(34)35)10-17(11-15)29-22-30-18(13-20(31-22)33-5-7-36-8-6-33)28-16-1-3-32-4-2-27-19(32)12-16/h1-4,9-13H,5-8H2,(H,34,35)(H2,28,29,30,31). The van der Waals surface area contributed by atoms with Crippen molar-refractivity contribution in [1.82, 2.24) is 19.4 Å². The number of morpholine rings is 1. The van der Waals surface area contributed by atoms with Gasteiger partial charge in [-0.05, 0) is 24.3 Å².